The molecular formula is C8H9BO2. The highest BCUT2D eigenvalue weighted by molar-refractivity contribution is 6.32. The predicted molar refractivity (Wildman–Crippen MR) is 43.6 cm³/mol. The predicted octanol–water partition coefficient (Wildman–Crippen LogP) is 0.558. The molecule has 11 heavy (non-hydrogen) atoms. The van der Waals surface area contributed by atoms with Gasteiger partial charge in [0.2, 0.25) is 0 Å². The summed E-state index contributed by atoms with van der Waals surface area (Å²) in [6.07, 6.45) is 0. The molecule has 0 heterocycles. The Labute approximate surface area is 67.5 Å². The summed E-state index contributed by atoms with van der Waals surface area (Å²) in [4.78, 5) is 9.16. The summed E-state index contributed by atoms with van der Waals surface area (Å²) in [5, 5.41) is 0. The van der Waals surface area contributed by atoms with Gasteiger partial charge in [-0.25, -0.2) is 9.78 Å². The van der Waals surface area contributed by atoms with Gasteiger partial charge in [-0.2, -0.15) is 0 Å². The third-order valence-electron chi connectivity index (χ3n) is 1.32. The van der Waals surface area contributed by atoms with E-state index in [1.807, 2.05) is 24.3 Å². The van der Waals surface area contributed by atoms with Gasteiger partial charge in [0.05, 0.1) is 7.11 Å². The van der Waals surface area contributed by atoms with Gasteiger partial charge in [0.25, 0.3) is 0 Å². The second-order valence-corrected chi connectivity index (χ2v) is 2.17. The molecule has 3 heteroatoms. The van der Waals surface area contributed by atoms with Crippen molar-refractivity contribution in [2.24, 2.45) is 0 Å². The first-order valence-electron chi connectivity index (χ1n) is 3.33. The molecular weight excluding hydrogens is 139 g/mol. The summed E-state index contributed by atoms with van der Waals surface area (Å²) in [7, 11) is 6.97. The Kier molecular flexibility index (Phi) is 3.14. The van der Waals surface area contributed by atoms with Crippen LogP contribution >= 0.6 is 0 Å². The quantitative estimate of drug-likeness (QED) is 0.354. The Morgan fingerprint density at radius 3 is 2.45 bits per heavy atom. The van der Waals surface area contributed by atoms with Crippen LogP contribution in [0.25, 0.3) is 0 Å². The summed E-state index contributed by atoms with van der Waals surface area (Å²) < 4.78 is 0. The highest BCUT2D eigenvalue weighted by Crippen LogP contribution is 1.98. The first kappa shape index (κ1) is 8.30. The van der Waals surface area contributed by atoms with Crippen LogP contribution in [0.2, 0.25) is 0 Å². The van der Waals surface area contributed by atoms with Crippen molar-refractivity contribution >= 4 is 13.3 Å². The van der Waals surface area contributed by atoms with Gasteiger partial charge in [0.15, 0.2) is 0 Å². The summed E-state index contributed by atoms with van der Waals surface area (Å²) in [5.41, 5.74) is 1.80. The number of benzene rings is 1. The molecule has 0 amide bonds. The van der Waals surface area contributed by atoms with Crippen molar-refractivity contribution in [3.05, 3.63) is 29.8 Å². The van der Waals surface area contributed by atoms with Crippen LogP contribution in [0.5, 0.6) is 0 Å². The Bertz CT molecular complexity index is 208. The zero-order valence-electron chi connectivity index (χ0n) is 6.41. The molecule has 2 radical (unpaired) electrons. The monoisotopic (exact) mass is 148 g/mol. The van der Waals surface area contributed by atoms with Crippen molar-refractivity contribution in [2.45, 2.75) is 6.61 Å². The summed E-state index contributed by atoms with van der Waals surface area (Å²) in [6, 6.07) is 7.45. The van der Waals surface area contributed by atoms with Crippen LogP contribution in [0.1, 0.15) is 5.56 Å². The normalized spacial score (nSPS) is 9.91. The molecule has 1 aromatic carbocycles. The average Bonchev–Trinajstić information content (AvgIpc) is 2.04. The molecule has 0 bridgehead atoms. The van der Waals surface area contributed by atoms with Crippen LogP contribution in [-0.2, 0) is 16.4 Å². The van der Waals surface area contributed by atoms with Crippen molar-refractivity contribution in [1.82, 2.24) is 0 Å². The fraction of sp³-hybridized carbons (Fsp3) is 0.250. The van der Waals surface area contributed by atoms with Gasteiger partial charge >= 0.3 is 0 Å². The van der Waals surface area contributed by atoms with Gasteiger partial charge in [-0.1, -0.05) is 29.7 Å². The van der Waals surface area contributed by atoms with Gasteiger partial charge in [-0.3, -0.25) is 0 Å². The molecule has 0 aromatic heterocycles. The van der Waals surface area contributed by atoms with Crippen LogP contribution < -0.4 is 5.46 Å². The van der Waals surface area contributed by atoms with Crippen molar-refractivity contribution in [3.63, 3.8) is 0 Å². The third kappa shape index (κ3) is 2.74. The Morgan fingerprint density at radius 2 is 1.91 bits per heavy atom. The minimum Gasteiger partial charge on any atom is -0.240 e. The van der Waals surface area contributed by atoms with E-state index in [-0.39, 0.29) is 0 Å². The van der Waals surface area contributed by atoms with Crippen LogP contribution in [0.15, 0.2) is 24.3 Å². The van der Waals surface area contributed by atoms with Gasteiger partial charge in [0, 0.05) is 0 Å². The van der Waals surface area contributed by atoms with E-state index in [0.29, 0.717) is 6.61 Å². The average molecular weight is 148 g/mol. The van der Waals surface area contributed by atoms with Crippen molar-refractivity contribution < 1.29 is 9.78 Å². The molecule has 1 aromatic rings. The zero-order valence-corrected chi connectivity index (χ0v) is 6.41. The Morgan fingerprint density at radius 1 is 1.27 bits per heavy atom. The second kappa shape index (κ2) is 4.16. The van der Waals surface area contributed by atoms with E-state index in [1.54, 1.807) is 0 Å². The molecule has 0 saturated heterocycles. The van der Waals surface area contributed by atoms with E-state index in [9.17, 15) is 0 Å². The lowest BCUT2D eigenvalue weighted by molar-refractivity contribution is -0.282. The van der Waals surface area contributed by atoms with E-state index in [4.69, 9.17) is 12.7 Å². The molecule has 0 fully saturated rings. The maximum atomic E-state index is 5.48. The molecule has 0 atom stereocenters. The van der Waals surface area contributed by atoms with Crippen LogP contribution in [0, 0.1) is 0 Å². The SMILES string of the molecule is [B]c1ccc(COOC)cc1. The lowest BCUT2D eigenvalue weighted by Crippen LogP contribution is -2.01. The van der Waals surface area contributed by atoms with Gasteiger partial charge in [-0.15, -0.1) is 0 Å². The molecule has 0 saturated carbocycles. The van der Waals surface area contributed by atoms with Gasteiger partial charge in [0.1, 0.15) is 14.5 Å². The Hall–Kier alpha value is -0.795. The van der Waals surface area contributed by atoms with E-state index in [0.717, 1.165) is 11.0 Å². The molecule has 0 N–H and O–H groups in total. The largest absolute Gasteiger partial charge is 0.240 e. The summed E-state index contributed by atoms with van der Waals surface area (Å²) >= 11 is 0. The smallest absolute Gasteiger partial charge is 0.113 e. The maximum absolute atomic E-state index is 5.48. The molecule has 0 spiro atoms. The molecule has 1 rings (SSSR count). The molecule has 0 aliphatic heterocycles. The summed E-state index contributed by atoms with van der Waals surface area (Å²) in [5.74, 6) is 0. The number of rotatable bonds is 3. The van der Waals surface area contributed by atoms with Gasteiger partial charge < -0.3 is 0 Å². The standard InChI is InChI=1S/C8H9BO2/c1-10-11-6-7-2-4-8(9)5-3-7/h2-5H,6H2,1H3. The lowest BCUT2D eigenvalue weighted by atomic mass is 9.95. The van der Waals surface area contributed by atoms with E-state index in [2.05, 4.69) is 4.89 Å². The maximum Gasteiger partial charge on any atom is 0.113 e. The lowest BCUT2D eigenvalue weighted by Gasteiger charge is -2.00. The minimum atomic E-state index is 0.455. The molecule has 0 aliphatic rings. The highest BCUT2D eigenvalue weighted by Gasteiger charge is 1.90. The first-order valence-corrected chi connectivity index (χ1v) is 3.33. The highest BCUT2D eigenvalue weighted by atomic mass is 17.2. The molecule has 0 aliphatic carbocycles. The number of hydrogen-bond acceptors (Lipinski definition) is 2. The Balaban J connectivity index is 2.52. The van der Waals surface area contributed by atoms with Crippen LogP contribution in [-0.4, -0.2) is 15.0 Å². The van der Waals surface area contributed by atoms with Crippen molar-refractivity contribution in [2.75, 3.05) is 7.11 Å². The van der Waals surface area contributed by atoms with E-state index < -0.39 is 0 Å². The molecule has 2 nitrogen and oxygen atoms in total. The van der Waals surface area contributed by atoms with E-state index in [1.165, 1.54) is 7.11 Å². The van der Waals surface area contributed by atoms with Crippen LogP contribution in [0.3, 0.4) is 0 Å². The minimum absolute atomic E-state index is 0.455. The topological polar surface area (TPSA) is 18.5 Å². The molecule has 0 unspecified atom stereocenters. The van der Waals surface area contributed by atoms with Crippen molar-refractivity contribution in [3.8, 4) is 0 Å². The molecule has 56 valence electrons. The third-order valence-corrected chi connectivity index (χ3v) is 1.32. The van der Waals surface area contributed by atoms with Crippen LogP contribution in [0.4, 0.5) is 0 Å². The van der Waals surface area contributed by atoms with Crippen molar-refractivity contribution in [1.29, 1.82) is 0 Å². The fourth-order valence-electron chi connectivity index (χ4n) is 0.741. The fourth-order valence-corrected chi connectivity index (χ4v) is 0.741. The zero-order chi connectivity index (χ0) is 8.10. The second-order valence-electron chi connectivity index (χ2n) is 2.17. The first-order chi connectivity index (χ1) is 5.33. The van der Waals surface area contributed by atoms with Gasteiger partial charge in [-0.05, 0) is 5.56 Å². The van der Waals surface area contributed by atoms with E-state index >= 15 is 0 Å². The number of hydrogen-bond donors (Lipinski definition) is 0. The summed E-state index contributed by atoms with van der Waals surface area (Å²) in [6.45, 7) is 0.455.